The second-order valence-electron chi connectivity index (χ2n) is 11.4. The van der Waals surface area contributed by atoms with E-state index in [0.717, 1.165) is 69.6 Å². The number of carbonyl (C=O) groups is 2. The van der Waals surface area contributed by atoms with E-state index < -0.39 is 0 Å². The SMILES string of the molecule is COc1ccc(CN2CC3(CCN(CC[C@H](NC(=O)C4CCCC4)c4ccccc4)CC3)CC2=O)cc1.Cl. The Morgan fingerprint density at radius 3 is 2.39 bits per heavy atom. The van der Waals surface area contributed by atoms with Gasteiger partial charge in [-0.3, -0.25) is 9.59 Å². The van der Waals surface area contributed by atoms with E-state index in [1.165, 1.54) is 18.4 Å². The lowest BCUT2D eigenvalue weighted by molar-refractivity contribution is -0.128. The van der Waals surface area contributed by atoms with Gasteiger partial charge in [0, 0.05) is 32.0 Å². The number of hydrogen-bond acceptors (Lipinski definition) is 4. The second-order valence-corrected chi connectivity index (χ2v) is 11.4. The molecule has 1 spiro atoms. The molecule has 2 aromatic carbocycles. The molecule has 0 bridgehead atoms. The Kier molecular flexibility index (Phi) is 9.72. The maximum Gasteiger partial charge on any atom is 0.223 e. The molecule has 1 saturated carbocycles. The van der Waals surface area contributed by atoms with Gasteiger partial charge in [0.05, 0.1) is 13.2 Å². The van der Waals surface area contributed by atoms with Gasteiger partial charge in [-0.2, -0.15) is 0 Å². The molecule has 0 radical (unpaired) electrons. The number of hydrogen-bond donors (Lipinski definition) is 1. The smallest absolute Gasteiger partial charge is 0.223 e. The molecule has 206 valence electrons. The van der Waals surface area contributed by atoms with Crippen LogP contribution in [0.1, 0.15) is 68.5 Å². The Morgan fingerprint density at radius 2 is 1.74 bits per heavy atom. The molecule has 3 fully saturated rings. The molecule has 0 unspecified atom stereocenters. The minimum Gasteiger partial charge on any atom is -0.497 e. The van der Waals surface area contributed by atoms with Crippen LogP contribution in [0.25, 0.3) is 0 Å². The van der Waals surface area contributed by atoms with Crippen molar-refractivity contribution >= 4 is 24.2 Å². The lowest BCUT2D eigenvalue weighted by Crippen LogP contribution is -2.43. The third kappa shape index (κ3) is 6.89. The molecule has 1 aliphatic carbocycles. The number of likely N-dealkylation sites (tertiary alicyclic amines) is 2. The number of piperidine rings is 1. The molecule has 3 aliphatic rings. The van der Waals surface area contributed by atoms with Crippen molar-refractivity contribution in [3.63, 3.8) is 0 Å². The van der Waals surface area contributed by atoms with E-state index in [1.54, 1.807) is 7.11 Å². The van der Waals surface area contributed by atoms with Crippen molar-refractivity contribution in [3.05, 3.63) is 65.7 Å². The predicted molar refractivity (Wildman–Crippen MR) is 152 cm³/mol. The molecule has 2 aliphatic heterocycles. The summed E-state index contributed by atoms with van der Waals surface area (Å²) in [7, 11) is 1.67. The van der Waals surface area contributed by atoms with Gasteiger partial charge in [-0.25, -0.2) is 0 Å². The minimum absolute atomic E-state index is 0. The highest BCUT2D eigenvalue weighted by Crippen LogP contribution is 2.41. The van der Waals surface area contributed by atoms with Crippen LogP contribution >= 0.6 is 12.4 Å². The first-order valence-electron chi connectivity index (χ1n) is 14.0. The number of carbonyl (C=O) groups excluding carboxylic acids is 2. The number of benzene rings is 2. The standard InChI is InChI=1S/C31H41N3O3.ClH/c1-37-27-13-11-24(12-14-27)22-34-23-31(21-29(34)35)16-19-33(20-17-31)18-15-28(25-7-3-2-4-8-25)32-30(36)26-9-5-6-10-26;/h2-4,7-8,11-14,26,28H,5-6,9-10,15-23H2,1H3,(H,32,36);1H/t28-;/m0./s1. The van der Waals surface area contributed by atoms with Crippen LogP contribution in [-0.2, 0) is 16.1 Å². The van der Waals surface area contributed by atoms with Crippen molar-refractivity contribution in [3.8, 4) is 5.75 Å². The highest BCUT2D eigenvalue weighted by molar-refractivity contribution is 5.85. The van der Waals surface area contributed by atoms with Crippen molar-refractivity contribution in [2.75, 3.05) is 33.3 Å². The molecule has 1 atom stereocenters. The first-order chi connectivity index (χ1) is 18.0. The molecule has 5 rings (SSSR count). The number of rotatable bonds is 9. The number of ether oxygens (including phenoxy) is 1. The molecule has 38 heavy (non-hydrogen) atoms. The Labute approximate surface area is 233 Å². The summed E-state index contributed by atoms with van der Waals surface area (Å²) in [5.41, 5.74) is 2.45. The van der Waals surface area contributed by atoms with E-state index in [2.05, 4.69) is 34.5 Å². The van der Waals surface area contributed by atoms with Crippen LogP contribution in [0.2, 0.25) is 0 Å². The molecule has 2 amide bonds. The van der Waals surface area contributed by atoms with Gasteiger partial charge >= 0.3 is 0 Å². The van der Waals surface area contributed by atoms with Crippen LogP contribution in [0.3, 0.4) is 0 Å². The second kappa shape index (κ2) is 13.0. The lowest BCUT2D eigenvalue weighted by Gasteiger charge is -2.39. The molecule has 2 saturated heterocycles. The van der Waals surface area contributed by atoms with E-state index >= 15 is 0 Å². The number of nitrogens with one attached hydrogen (secondary N) is 1. The van der Waals surface area contributed by atoms with Gasteiger partial charge in [0.15, 0.2) is 0 Å². The van der Waals surface area contributed by atoms with Gasteiger partial charge in [0.2, 0.25) is 11.8 Å². The molecular formula is C31H42ClN3O3. The highest BCUT2D eigenvalue weighted by Gasteiger charge is 2.44. The normalized spacial score (nSPS) is 20.3. The molecule has 0 aromatic heterocycles. The third-order valence-electron chi connectivity index (χ3n) is 8.83. The van der Waals surface area contributed by atoms with Gasteiger partial charge in [0.25, 0.3) is 0 Å². The quantitative estimate of drug-likeness (QED) is 0.465. The zero-order chi connectivity index (χ0) is 25.7. The van der Waals surface area contributed by atoms with E-state index in [-0.39, 0.29) is 41.6 Å². The molecular weight excluding hydrogens is 498 g/mol. The fourth-order valence-corrected chi connectivity index (χ4v) is 6.46. The first kappa shape index (κ1) is 28.4. The predicted octanol–water partition coefficient (Wildman–Crippen LogP) is 5.37. The van der Waals surface area contributed by atoms with Crippen LogP contribution in [-0.4, -0.2) is 54.9 Å². The number of nitrogens with zero attached hydrogens (tertiary/aromatic N) is 2. The minimum atomic E-state index is 0. The Bertz CT molecular complexity index is 1050. The summed E-state index contributed by atoms with van der Waals surface area (Å²) in [6.07, 6.45) is 8.09. The Morgan fingerprint density at radius 1 is 1.05 bits per heavy atom. The van der Waals surface area contributed by atoms with Crippen molar-refractivity contribution < 1.29 is 14.3 Å². The highest BCUT2D eigenvalue weighted by atomic mass is 35.5. The van der Waals surface area contributed by atoms with E-state index in [4.69, 9.17) is 4.74 Å². The third-order valence-corrected chi connectivity index (χ3v) is 8.83. The first-order valence-corrected chi connectivity index (χ1v) is 14.0. The van der Waals surface area contributed by atoms with E-state index in [1.807, 2.05) is 35.2 Å². The topological polar surface area (TPSA) is 61.9 Å². The van der Waals surface area contributed by atoms with Gasteiger partial charge in [-0.05, 0) is 73.9 Å². The number of halogens is 1. The van der Waals surface area contributed by atoms with Gasteiger partial charge < -0.3 is 19.9 Å². The van der Waals surface area contributed by atoms with Crippen LogP contribution in [0, 0.1) is 11.3 Å². The summed E-state index contributed by atoms with van der Waals surface area (Å²) in [6, 6.07) is 18.5. The van der Waals surface area contributed by atoms with Crippen LogP contribution in [0.15, 0.2) is 54.6 Å². The Balaban J connectivity index is 0.00000336. The summed E-state index contributed by atoms with van der Waals surface area (Å²) < 4.78 is 5.26. The van der Waals surface area contributed by atoms with E-state index in [9.17, 15) is 9.59 Å². The van der Waals surface area contributed by atoms with Gasteiger partial charge in [0.1, 0.15) is 5.75 Å². The number of methoxy groups -OCH3 is 1. The van der Waals surface area contributed by atoms with Crippen LogP contribution < -0.4 is 10.1 Å². The maximum absolute atomic E-state index is 12.9. The van der Waals surface area contributed by atoms with Crippen molar-refractivity contribution in [2.24, 2.45) is 11.3 Å². The molecule has 2 aromatic rings. The zero-order valence-electron chi connectivity index (χ0n) is 22.6. The fourth-order valence-electron chi connectivity index (χ4n) is 6.46. The summed E-state index contributed by atoms with van der Waals surface area (Å²) >= 11 is 0. The molecule has 1 N–H and O–H groups in total. The van der Waals surface area contributed by atoms with Crippen molar-refractivity contribution in [1.82, 2.24) is 15.1 Å². The monoisotopic (exact) mass is 539 g/mol. The fraction of sp³-hybridized carbons (Fsp3) is 0.548. The van der Waals surface area contributed by atoms with Crippen LogP contribution in [0.5, 0.6) is 5.75 Å². The number of amides is 2. The Hall–Kier alpha value is -2.57. The zero-order valence-corrected chi connectivity index (χ0v) is 23.4. The van der Waals surface area contributed by atoms with Crippen LogP contribution in [0.4, 0.5) is 0 Å². The van der Waals surface area contributed by atoms with Gasteiger partial charge in [-0.15, -0.1) is 12.4 Å². The average molecular weight is 540 g/mol. The summed E-state index contributed by atoms with van der Waals surface area (Å²) in [5, 5.41) is 3.38. The molecule has 7 heteroatoms. The largest absolute Gasteiger partial charge is 0.497 e. The van der Waals surface area contributed by atoms with Crippen molar-refractivity contribution in [1.29, 1.82) is 0 Å². The van der Waals surface area contributed by atoms with Gasteiger partial charge in [-0.1, -0.05) is 55.3 Å². The summed E-state index contributed by atoms with van der Waals surface area (Å²) in [5.74, 6) is 1.53. The maximum atomic E-state index is 12.9. The van der Waals surface area contributed by atoms with Crippen molar-refractivity contribution in [2.45, 2.75) is 64.0 Å². The lowest BCUT2D eigenvalue weighted by atomic mass is 9.77. The van der Waals surface area contributed by atoms with E-state index in [0.29, 0.717) is 13.0 Å². The molecule has 2 heterocycles. The molecule has 6 nitrogen and oxygen atoms in total. The average Bonchev–Trinajstić information content (AvgIpc) is 3.57. The summed E-state index contributed by atoms with van der Waals surface area (Å²) in [6.45, 7) is 4.52. The summed E-state index contributed by atoms with van der Waals surface area (Å²) in [4.78, 5) is 30.4.